The average molecular weight is 329 g/mol. The quantitative estimate of drug-likeness (QED) is 0.774. The zero-order valence-corrected chi connectivity index (χ0v) is 12.3. The van der Waals surface area contributed by atoms with Crippen molar-refractivity contribution in [3.8, 4) is 22.8 Å². The highest BCUT2D eigenvalue weighted by Gasteiger charge is 2.07. The molecular weight excluding hydrogens is 316 g/mol. The van der Waals surface area contributed by atoms with Gasteiger partial charge in [-0.2, -0.15) is 5.10 Å². The zero-order chi connectivity index (χ0) is 13.9. The molecule has 0 aliphatic rings. The van der Waals surface area contributed by atoms with E-state index in [2.05, 4.69) is 31.1 Å². The Morgan fingerprint density at radius 1 is 1.05 bits per heavy atom. The molecule has 20 heavy (non-hydrogen) atoms. The van der Waals surface area contributed by atoms with Gasteiger partial charge in [0.25, 0.3) is 0 Å². The summed E-state index contributed by atoms with van der Waals surface area (Å²) in [5, 5.41) is 7.23. The highest BCUT2D eigenvalue weighted by atomic mass is 79.9. The van der Waals surface area contributed by atoms with Crippen molar-refractivity contribution in [3.05, 3.63) is 58.6 Å². The van der Waals surface area contributed by atoms with E-state index in [1.165, 1.54) is 0 Å². The number of aromatic amines is 1. The fraction of sp³-hybridized carbons (Fsp3) is 0.0667. The summed E-state index contributed by atoms with van der Waals surface area (Å²) in [6.45, 7) is 0.542. The largest absolute Gasteiger partial charge is 0.326 e. The van der Waals surface area contributed by atoms with Crippen LogP contribution in [0.3, 0.4) is 0 Å². The van der Waals surface area contributed by atoms with E-state index in [0.29, 0.717) is 12.4 Å². The second-order valence-electron chi connectivity index (χ2n) is 4.42. The van der Waals surface area contributed by atoms with Gasteiger partial charge in [0.15, 0.2) is 11.6 Å². The van der Waals surface area contributed by atoms with Gasteiger partial charge in [0.1, 0.15) is 0 Å². The molecule has 0 unspecified atom stereocenters. The number of nitrogens with one attached hydrogen (secondary N) is 1. The summed E-state index contributed by atoms with van der Waals surface area (Å²) in [5.74, 6) is 1.44. The van der Waals surface area contributed by atoms with Crippen molar-refractivity contribution in [2.24, 2.45) is 5.73 Å². The lowest BCUT2D eigenvalue weighted by Gasteiger charge is -1.98. The predicted octanol–water partition coefficient (Wildman–Crippen LogP) is 3.36. The van der Waals surface area contributed by atoms with Crippen LogP contribution in [-0.4, -0.2) is 15.2 Å². The molecule has 0 atom stereocenters. The first kappa shape index (κ1) is 13.0. The summed E-state index contributed by atoms with van der Waals surface area (Å²) >= 11 is 3.45. The van der Waals surface area contributed by atoms with Crippen molar-refractivity contribution in [2.75, 3.05) is 0 Å². The molecule has 3 N–H and O–H groups in total. The van der Waals surface area contributed by atoms with Gasteiger partial charge >= 0.3 is 0 Å². The molecule has 0 fully saturated rings. The molecule has 4 nitrogen and oxygen atoms in total. The second kappa shape index (κ2) is 5.56. The average Bonchev–Trinajstić information content (AvgIpc) is 2.97. The van der Waals surface area contributed by atoms with Crippen LogP contribution in [0.5, 0.6) is 0 Å². The highest BCUT2D eigenvalue weighted by Crippen LogP contribution is 2.22. The molecule has 0 spiro atoms. The first-order valence-electron chi connectivity index (χ1n) is 6.24. The molecule has 5 heteroatoms. The van der Waals surface area contributed by atoms with E-state index < -0.39 is 0 Å². The maximum atomic E-state index is 5.59. The molecule has 0 aliphatic heterocycles. The molecule has 0 saturated heterocycles. The molecule has 3 aromatic rings. The van der Waals surface area contributed by atoms with Gasteiger partial charge in [-0.15, -0.1) is 0 Å². The molecular formula is C15H13BrN4. The summed E-state index contributed by atoms with van der Waals surface area (Å²) in [7, 11) is 0. The van der Waals surface area contributed by atoms with Crippen molar-refractivity contribution in [1.29, 1.82) is 0 Å². The number of aromatic nitrogens is 3. The minimum atomic E-state index is 0.542. The van der Waals surface area contributed by atoms with Crippen molar-refractivity contribution in [3.63, 3.8) is 0 Å². The smallest absolute Gasteiger partial charge is 0.181 e. The Bertz CT molecular complexity index is 719. The van der Waals surface area contributed by atoms with E-state index in [1.807, 2.05) is 48.5 Å². The summed E-state index contributed by atoms with van der Waals surface area (Å²) in [4.78, 5) is 4.53. The molecule has 0 amide bonds. The Hall–Kier alpha value is -1.98. The van der Waals surface area contributed by atoms with Crippen molar-refractivity contribution < 1.29 is 0 Å². The van der Waals surface area contributed by atoms with E-state index >= 15 is 0 Å². The van der Waals surface area contributed by atoms with Crippen LogP contribution in [0.2, 0.25) is 0 Å². The van der Waals surface area contributed by atoms with Crippen LogP contribution in [-0.2, 0) is 6.54 Å². The third kappa shape index (κ3) is 2.64. The standard InChI is InChI=1S/C15H13BrN4/c16-13-3-1-2-12(8-13)15-18-14(19-20-15)11-6-4-10(9-17)5-7-11/h1-8H,9,17H2,(H,18,19,20). The van der Waals surface area contributed by atoms with Gasteiger partial charge in [-0.3, -0.25) is 5.10 Å². The van der Waals surface area contributed by atoms with Gasteiger partial charge in [-0.25, -0.2) is 4.98 Å². The van der Waals surface area contributed by atoms with E-state index in [-0.39, 0.29) is 0 Å². The Morgan fingerprint density at radius 2 is 1.85 bits per heavy atom. The molecule has 1 heterocycles. The maximum absolute atomic E-state index is 5.59. The summed E-state index contributed by atoms with van der Waals surface area (Å²) in [6.07, 6.45) is 0. The Balaban J connectivity index is 1.93. The molecule has 100 valence electrons. The lowest BCUT2D eigenvalue weighted by atomic mass is 10.1. The van der Waals surface area contributed by atoms with Gasteiger partial charge in [0.2, 0.25) is 0 Å². The fourth-order valence-electron chi connectivity index (χ4n) is 1.95. The predicted molar refractivity (Wildman–Crippen MR) is 82.8 cm³/mol. The summed E-state index contributed by atoms with van der Waals surface area (Å²) in [5.41, 5.74) is 8.66. The lowest BCUT2D eigenvalue weighted by molar-refractivity contribution is 1.07. The Labute approximate surface area is 125 Å². The number of benzene rings is 2. The molecule has 1 aromatic heterocycles. The molecule has 2 aromatic carbocycles. The fourth-order valence-corrected chi connectivity index (χ4v) is 2.35. The third-order valence-electron chi connectivity index (χ3n) is 3.03. The van der Waals surface area contributed by atoms with Crippen molar-refractivity contribution >= 4 is 15.9 Å². The molecule has 0 aliphatic carbocycles. The van der Waals surface area contributed by atoms with Gasteiger partial charge in [0, 0.05) is 22.1 Å². The summed E-state index contributed by atoms with van der Waals surface area (Å²) < 4.78 is 1.01. The first-order chi connectivity index (χ1) is 9.76. The van der Waals surface area contributed by atoms with E-state index in [4.69, 9.17) is 5.73 Å². The van der Waals surface area contributed by atoms with Gasteiger partial charge in [-0.05, 0) is 17.7 Å². The number of hydrogen-bond donors (Lipinski definition) is 2. The van der Waals surface area contributed by atoms with Crippen LogP contribution in [0.15, 0.2) is 53.0 Å². The van der Waals surface area contributed by atoms with Gasteiger partial charge in [-0.1, -0.05) is 52.3 Å². The number of halogens is 1. The number of hydrogen-bond acceptors (Lipinski definition) is 3. The molecule has 0 radical (unpaired) electrons. The third-order valence-corrected chi connectivity index (χ3v) is 3.52. The zero-order valence-electron chi connectivity index (χ0n) is 10.7. The molecule has 0 saturated carbocycles. The minimum absolute atomic E-state index is 0.542. The molecule has 3 rings (SSSR count). The number of H-pyrrole nitrogens is 1. The lowest BCUT2D eigenvalue weighted by Crippen LogP contribution is -1.95. The van der Waals surface area contributed by atoms with Crippen LogP contribution in [0, 0.1) is 0 Å². The van der Waals surface area contributed by atoms with E-state index in [1.54, 1.807) is 0 Å². The molecule has 0 bridgehead atoms. The summed E-state index contributed by atoms with van der Waals surface area (Å²) in [6, 6.07) is 15.9. The topological polar surface area (TPSA) is 67.6 Å². The number of nitrogens with two attached hydrogens (primary N) is 1. The van der Waals surface area contributed by atoms with Gasteiger partial charge in [0.05, 0.1) is 0 Å². The van der Waals surface area contributed by atoms with E-state index in [0.717, 1.165) is 27.0 Å². The highest BCUT2D eigenvalue weighted by molar-refractivity contribution is 9.10. The Kier molecular flexibility index (Phi) is 3.62. The number of nitrogens with zero attached hydrogens (tertiary/aromatic N) is 2. The monoisotopic (exact) mass is 328 g/mol. The SMILES string of the molecule is NCc1ccc(-c2nc(-c3cccc(Br)c3)n[nH]2)cc1. The van der Waals surface area contributed by atoms with Crippen LogP contribution in [0.1, 0.15) is 5.56 Å². The van der Waals surface area contributed by atoms with Crippen LogP contribution >= 0.6 is 15.9 Å². The van der Waals surface area contributed by atoms with Crippen LogP contribution in [0.4, 0.5) is 0 Å². The van der Waals surface area contributed by atoms with Gasteiger partial charge < -0.3 is 5.73 Å². The number of rotatable bonds is 3. The normalized spacial score (nSPS) is 10.7. The van der Waals surface area contributed by atoms with E-state index in [9.17, 15) is 0 Å². The first-order valence-corrected chi connectivity index (χ1v) is 7.03. The Morgan fingerprint density at radius 3 is 2.55 bits per heavy atom. The van der Waals surface area contributed by atoms with Crippen molar-refractivity contribution in [2.45, 2.75) is 6.54 Å². The maximum Gasteiger partial charge on any atom is 0.181 e. The van der Waals surface area contributed by atoms with Crippen molar-refractivity contribution in [1.82, 2.24) is 15.2 Å². The van der Waals surface area contributed by atoms with Crippen LogP contribution < -0.4 is 5.73 Å². The second-order valence-corrected chi connectivity index (χ2v) is 5.33. The minimum Gasteiger partial charge on any atom is -0.326 e. The van der Waals surface area contributed by atoms with Crippen LogP contribution in [0.25, 0.3) is 22.8 Å².